The zero-order valence-corrected chi connectivity index (χ0v) is 10.0. The van der Waals surface area contributed by atoms with Crippen LogP contribution in [-0.2, 0) is 0 Å². The Bertz CT molecular complexity index is 113. The highest BCUT2D eigenvalue weighted by Gasteiger charge is 2.36. The summed E-state index contributed by atoms with van der Waals surface area (Å²) < 4.78 is 0. The summed E-state index contributed by atoms with van der Waals surface area (Å²) in [5.74, 6) is 1.96. The van der Waals surface area contributed by atoms with Crippen LogP contribution in [0.1, 0.15) is 7.43 Å². The molecule has 2 heterocycles. The lowest BCUT2D eigenvalue weighted by Crippen LogP contribution is -2.23. The minimum Gasteiger partial charge on any atom is -0.333 e. The summed E-state index contributed by atoms with van der Waals surface area (Å²) in [6.07, 6.45) is 0. The summed E-state index contributed by atoms with van der Waals surface area (Å²) in [5.41, 5.74) is 9.00. The van der Waals surface area contributed by atoms with Crippen molar-refractivity contribution in [2.24, 2.45) is 23.3 Å². The van der Waals surface area contributed by atoms with E-state index < -0.39 is 0 Å². The molecule has 0 saturated carbocycles. The molecule has 0 aliphatic carbocycles. The molecule has 2 rings (SSSR count). The van der Waals surface area contributed by atoms with Crippen molar-refractivity contribution < 1.29 is 0 Å². The Hall–Kier alpha value is -0.160. The molecule has 4 nitrogen and oxygen atoms in total. The fourth-order valence-electron chi connectivity index (χ4n) is 2.46. The zero-order chi connectivity index (χ0) is 11.1. The summed E-state index contributed by atoms with van der Waals surface area (Å²) in [7, 11) is 7.47. The van der Waals surface area contributed by atoms with Gasteiger partial charge in [0.25, 0.3) is 0 Å². The van der Waals surface area contributed by atoms with Crippen LogP contribution in [0.5, 0.6) is 0 Å². The Morgan fingerprint density at radius 2 is 0.933 bits per heavy atom. The van der Waals surface area contributed by atoms with Crippen LogP contribution in [0.2, 0.25) is 0 Å². The maximum Gasteiger partial charge on any atom is 0.00226 e. The van der Waals surface area contributed by atoms with E-state index in [1.807, 2.05) is 0 Å². The van der Waals surface area contributed by atoms with Gasteiger partial charge >= 0.3 is 0 Å². The van der Waals surface area contributed by atoms with E-state index in [0.717, 1.165) is 11.8 Å². The average molecular weight is 218 g/mol. The van der Waals surface area contributed by atoms with Gasteiger partial charge in [0.1, 0.15) is 0 Å². The zero-order valence-electron chi connectivity index (χ0n) is 10.0. The van der Waals surface area contributed by atoms with E-state index in [2.05, 4.69) is 35.4 Å². The van der Waals surface area contributed by atoms with Gasteiger partial charge in [-0.05, 0) is 40.0 Å². The van der Waals surface area contributed by atoms with Gasteiger partial charge in [0.15, 0.2) is 0 Å². The van der Waals surface area contributed by atoms with Gasteiger partial charge in [-0.25, -0.2) is 0 Å². The first-order valence-corrected chi connectivity index (χ1v) is 5.28. The molecule has 0 atom stereocenters. The lowest BCUT2D eigenvalue weighted by Gasteiger charge is -2.12. The maximum absolute atomic E-state index is 4.50. The predicted octanol–water partition coefficient (Wildman–Crippen LogP) is -0.104. The first-order chi connectivity index (χ1) is 6.75. The van der Waals surface area contributed by atoms with Crippen LogP contribution < -0.4 is 11.5 Å². The van der Waals surface area contributed by atoms with Gasteiger partial charge in [0.05, 0.1) is 0 Å². The number of nitrogens with two attached hydrogens (primary N) is 2. The largest absolute Gasteiger partial charge is 0.333 e. The quantitative estimate of drug-likeness (QED) is 0.596. The molecule has 0 amide bonds. The van der Waals surface area contributed by atoms with E-state index in [-0.39, 0.29) is 7.43 Å². The highest BCUT2D eigenvalue weighted by Crippen LogP contribution is 2.28. The van der Waals surface area contributed by atoms with E-state index in [9.17, 15) is 0 Å². The minimum atomic E-state index is 0. The Kier molecular flexibility index (Phi) is 10.5. The van der Waals surface area contributed by atoms with E-state index in [1.165, 1.54) is 40.3 Å². The molecule has 0 bridgehead atoms. The minimum absolute atomic E-state index is 0. The van der Waals surface area contributed by atoms with Crippen molar-refractivity contribution in [1.82, 2.24) is 9.80 Å². The second kappa shape index (κ2) is 9.09. The lowest BCUT2D eigenvalue weighted by molar-refractivity contribution is 0.316. The van der Waals surface area contributed by atoms with Crippen LogP contribution >= 0.6 is 0 Å². The van der Waals surface area contributed by atoms with Crippen LogP contribution in [0.4, 0.5) is 0 Å². The van der Waals surface area contributed by atoms with Gasteiger partial charge in [0.2, 0.25) is 0 Å². The van der Waals surface area contributed by atoms with Crippen molar-refractivity contribution in [3.63, 3.8) is 0 Å². The van der Waals surface area contributed by atoms with Crippen molar-refractivity contribution >= 4 is 0 Å². The molecule has 0 aromatic carbocycles. The van der Waals surface area contributed by atoms with E-state index in [4.69, 9.17) is 0 Å². The van der Waals surface area contributed by atoms with E-state index >= 15 is 0 Å². The van der Waals surface area contributed by atoms with Crippen LogP contribution in [0.15, 0.2) is 0 Å². The fraction of sp³-hybridized carbons (Fsp3) is 1.00. The molecule has 2 aliphatic rings. The Morgan fingerprint density at radius 1 is 0.733 bits per heavy atom. The highest BCUT2D eigenvalue weighted by atomic mass is 15.2. The molecule has 15 heavy (non-hydrogen) atoms. The second-order valence-electron chi connectivity index (χ2n) is 3.96. The molecule has 0 radical (unpaired) electrons. The number of fused-ring (bicyclic) bond motifs is 1. The van der Waals surface area contributed by atoms with Crippen LogP contribution in [0, 0.1) is 11.8 Å². The molecular formula is C11H30N4. The summed E-state index contributed by atoms with van der Waals surface area (Å²) in [5, 5.41) is 0. The van der Waals surface area contributed by atoms with Gasteiger partial charge in [0, 0.05) is 26.2 Å². The van der Waals surface area contributed by atoms with Crippen LogP contribution in [-0.4, -0.2) is 64.2 Å². The first-order valence-electron chi connectivity index (χ1n) is 5.28. The normalized spacial score (nSPS) is 29.2. The lowest BCUT2D eigenvalue weighted by atomic mass is 10.0. The van der Waals surface area contributed by atoms with Crippen LogP contribution in [0.3, 0.4) is 0 Å². The number of likely N-dealkylation sites (tertiary alicyclic amines) is 2. The molecule has 0 unspecified atom stereocenters. The van der Waals surface area contributed by atoms with Gasteiger partial charge in [-0.3, -0.25) is 0 Å². The summed E-state index contributed by atoms with van der Waals surface area (Å²) >= 11 is 0. The molecule has 2 aliphatic heterocycles. The van der Waals surface area contributed by atoms with Crippen molar-refractivity contribution in [2.45, 2.75) is 7.43 Å². The Balaban J connectivity index is 0. The van der Waals surface area contributed by atoms with E-state index in [1.54, 1.807) is 0 Å². The molecule has 4 N–H and O–H groups in total. The number of rotatable bonds is 0. The molecule has 0 aromatic heterocycles. The molecule has 4 heteroatoms. The Labute approximate surface area is 95.6 Å². The molecular weight excluding hydrogens is 188 g/mol. The van der Waals surface area contributed by atoms with Gasteiger partial charge < -0.3 is 21.3 Å². The molecule has 2 fully saturated rings. The second-order valence-corrected chi connectivity index (χ2v) is 3.96. The molecule has 2 saturated heterocycles. The summed E-state index contributed by atoms with van der Waals surface area (Å²) in [6, 6.07) is 0. The fourth-order valence-corrected chi connectivity index (χ4v) is 2.46. The van der Waals surface area contributed by atoms with E-state index in [0.29, 0.717) is 0 Å². The third-order valence-corrected chi connectivity index (χ3v) is 2.85. The number of hydrogen-bond acceptors (Lipinski definition) is 4. The van der Waals surface area contributed by atoms with Crippen molar-refractivity contribution in [3.05, 3.63) is 0 Å². The average Bonchev–Trinajstić information content (AvgIpc) is 2.67. The number of nitrogens with zero attached hydrogens (tertiary/aromatic N) is 2. The monoisotopic (exact) mass is 218 g/mol. The summed E-state index contributed by atoms with van der Waals surface area (Å²) in [4.78, 5) is 4.92. The first kappa shape index (κ1) is 17.2. The maximum atomic E-state index is 4.50. The highest BCUT2D eigenvalue weighted by molar-refractivity contribution is 4.90. The van der Waals surface area contributed by atoms with Gasteiger partial charge in [-0.1, -0.05) is 7.43 Å². The number of hydrogen-bond donors (Lipinski definition) is 2. The van der Waals surface area contributed by atoms with Crippen molar-refractivity contribution in [1.29, 1.82) is 0 Å². The topological polar surface area (TPSA) is 58.5 Å². The molecule has 0 aromatic rings. The van der Waals surface area contributed by atoms with Crippen molar-refractivity contribution in [2.75, 3.05) is 54.4 Å². The van der Waals surface area contributed by atoms with Gasteiger partial charge in [-0.2, -0.15) is 0 Å². The smallest absolute Gasteiger partial charge is 0.00226 e. The molecule has 0 spiro atoms. The molecule has 94 valence electrons. The van der Waals surface area contributed by atoms with Gasteiger partial charge in [-0.15, -0.1) is 0 Å². The third kappa shape index (κ3) is 4.93. The SMILES string of the molecule is C.CN.CN.CN1CC2CN(C)CC2C1. The summed E-state index contributed by atoms with van der Waals surface area (Å²) in [6.45, 7) is 5.31. The standard InChI is InChI=1S/C8H16N2.2CH5N.CH4/c1-9-3-7-5-10(2)6-8(7)4-9;2*1-2;/h7-8H,3-6H2,1-2H3;2*2H2,1H3;1H4. The predicted molar refractivity (Wildman–Crippen MR) is 68.9 cm³/mol. The van der Waals surface area contributed by atoms with Crippen LogP contribution in [0.25, 0.3) is 0 Å². The third-order valence-electron chi connectivity index (χ3n) is 2.85. The van der Waals surface area contributed by atoms with Crippen molar-refractivity contribution in [3.8, 4) is 0 Å². The Morgan fingerprint density at radius 3 is 1.13 bits per heavy atom.